The number of carbonyl (C=O) groups is 1. The first-order valence-electron chi connectivity index (χ1n) is 5.46. The number of nitrogens with zero attached hydrogens (tertiary/aromatic N) is 1. The minimum Gasteiger partial charge on any atom is -0.339 e. The van der Waals surface area contributed by atoms with Gasteiger partial charge in [0.05, 0.1) is 10.6 Å². The summed E-state index contributed by atoms with van der Waals surface area (Å²) in [5.41, 5.74) is 0.493. The highest BCUT2D eigenvalue weighted by Crippen LogP contribution is 2.24. The highest BCUT2D eigenvalue weighted by atomic mass is 79.9. The topological polar surface area (TPSA) is 20.3 Å². The fourth-order valence-electron chi connectivity index (χ4n) is 1.88. The molecular formula is C12H12BrCl2NO. The van der Waals surface area contributed by atoms with Gasteiger partial charge in [-0.3, -0.25) is 4.79 Å². The number of hydrogen-bond acceptors (Lipinski definition) is 1. The van der Waals surface area contributed by atoms with Gasteiger partial charge in [0.25, 0.3) is 5.91 Å². The molecular weight excluding hydrogens is 325 g/mol. The third-order valence-corrected chi connectivity index (χ3v) is 4.35. The van der Waals surface area contributed by atoms with E-state index in [2.05, 4.69) is 15.9 Å². The number of piperidine rings is 1. The average molecular weight is 337 g/mol. The molecule has 1 saturated heterocycles. The van der Waals surface area contributed by atoms with Crippen LogP contribution in [0.5, 0.6) is 0 Å². The van der Waals surface area contributed by atoms with Crippen molar-refractivity contribution in [2.75, 3.05) is 13.1 Å². The van der Waals surface area contributed by atoms with E-state index in [9.17, 15) is 4.79 Å². The van der Waals surface area contributed by atoms with E-state index < -0.39 is 0 Å². The van der Waals surface area contributed by atoms with Gasteiger partial charge in [0.2, 0.25) is 0 Å². The largest absolute Gasteiger partial charge is 0.339 e. The van der Waals surface area contributed by atoms with Crippen LogP contribution in [0.3, 0.4) is 0 Å². The molecule has 0 aliphatic carbocycles. The molecule has 0 N–H and O–H groups in total. The molecule has 1 aliphatic heterocycles. The Morgan fingerprint density at radius 1 is 1.29 bits per heavy atom. The number of carbonyl (C=O) groups excluding carboxylic acids is 1. The van der Waals surface area contributed by atoms with E-state index in [1.807, 2.05) is 4.90 Å². The maximum Gasteiger partial charge on any atom is 0.255 e. The Balaban J connectivity index is 2.16. The van der Waals surface area contributed by atoms with Crippen LogP contribution in [0.4, 0.5) is 0 Å². The van der Waals surface area contributed by atoms with E-state index in [0.717, 1.165) is 25.9 Å². The van der Waals surface area contributed by atoms with Crippen molar-refractivity contribution in [3.05, 3.63) is 33.8 Å². The SMILES string of the molecule is O=C(c1cc(Cl)ccc1Cl)N1CCC(Br)CC1. The second-order valence-corrected chi connectivity index (χ2v) is 6.23. The van der Waals surface area contributed by atoms with Crippen molar-refractivity contribution in [1.29, 1.82) is 0 Å². The number of likely N-dealkylation sites (tertiary alicyclic amines) is 1. The van der Waals surface area contributed by atoms with Crippen molar-refractivity contribution in [2.24, 2.45) is 0 Å². The van der Waals surface area contributed by atoms with Gasteiger partial charge in [0.1, 0.15) is 0 Å². The van der Waals surface area contributed by atoms with Gasteiger partial charge in [0, 0.05) is 22.9 Å². The molecule has 2 nitrogen and oxygen atoms in total. The molecule has 1 amide bonds. The Hall–Kier alpha value is -0.250. The number of amides is 1. The normalized spacial score (nSPS) is 17.2. The van der Waals surface area contributed by atoms with Crippen LogP contribution < -0.4 is 0 Å². The van der Waals surface area contributed by atoms with Crippen molar-refractivity contribution in [2.45, 2.75) is 17.7 Å². The third kappa shape index (κ3) is 3.15. The third-order valence-electron chi connectivity index (χ3n) is 2.87. The van der Waals surface area contributed by atoms with E-state index in [-0.39, 0.29) is 5.91 Å². The van der Waals surface area contributed by atoms with Crippen molar-refractivity contribution in [3.63, 3.8) is 0 Å². The predicted molar refractivity (Wildman–Crippen MR) is 74.3 cm³/mol. The molecule has 0 saturated carbocycles. The van der Waals surface area contributed by atoms with Crippen molar-refractivity contribution < 1.29 is 4.79 Å². The lowest BCUT2D eigenvalue weighted by Gasteiger charge is -2.29. The van der Waals surface area contributed by atoms with Crippen LogP contribution in [0, 0.1) is 0 Å². The second-order valence-electron chi connectivity index (χ2n) is 4.09. The molecule has 92 valence electrons. The van der Waals surface area contributed by atoms with Crippen molar-refractivity contribution in [3.8, 4) is 0 Å². The molecule has 0 aromatic heterocycles. The average Bonchev–Trinajstić information content (AvgIpc) is 2.32. The van der Waals surface area contributed by atoms with Crippen LogP contribution in [0.15, 0.2) is 18.2 Å². The zero-order valence-electron chi connectivity index (χ0n) is 9.13. The van der Waals surface area contributed by atoms with Gasteiger partial charge in [-0.2, -0.15) is 0 Å². The lowest BCUT2D eigenvalue weighted by Crippen LogP contribution is -2.38. The molecule has 0 bridgehead atoms. The number of halogens is 3. The van der Waals surface area contributed by atoms with Crippen LogP contribution in [0.1, 0.15) is 23.2 Å². The maximum atomic E-state index is 12.2. The number of hydrogen-bond donors (Lipinski definition) is 0. The first-order chi connectivity index (χ1) is 8.08. The van der Waals surface area contributed by atoms with Gasteiger partial charge in [-0.05, 0) is 31.0 Å². The monoisotopic (exact) mass is 335 g/mol. The number of benzene rings is 1. The summed E-state index contributed by atoms with van der Waals surface area (Å²) < 4.78 is 0. The van der Waals surface area contributed by atoms with E-state index in [1.54, 1.807) is 18.2 Å². The molecule has 17 heavy (non-hydrogen) atoms. The Labute approximate surface area is 119 Å². The Bertz CT molecular complexity index is 431. The van der Waals surface area contributed by atoms with Crippen LogP contribution in [-0.2, 0) is 0 Å². The molecule has 1 aromatic rings. The van der Waals surface area contributed by atoms with Gasteiger partial charge < -0.3 is 4.90 Å². The predicted octanol–water partition coefficient (Wildman–Crippen LogP) is 3.99. The zero-order valence-corrected chi connectivity index (χ0v) is 12.2. The lowest BCUT2D eigenvalue weighted by atomic mass is 10.1. The van der Waals surface area contributed by atoms with E-state index in [1.165, 1.54) is 0 Å². The number of alkyl halides is 1. The molecule has 1 fully saturated rings. The van der Waals surface area contributed by atoms with Crippen LogP contribution in [-0.4, -0.2) is 28.7 Å². The first-order valence-corrected chi connectivity index (χ1v) is 7.13. The van der Waals surface area contributed by atoms with Crippen LogP contribution >= 0.6 is 39.1 Å². The summed E-state index contributed by atoms with van der Waals surface area (Å²) in [6.07, 6.45) is 1.95. The summed E-state index contributed by atoms with van der Waals surface area (Å²) in [5.74, 6) is -0.0306. The molecule has 1 aromatic carbocycles. The van der Waals surface area contributed by atoms with Crippen molar-refractivity contribution in [1.82, 2.24) is 4.90 Å². The van der Waals surface area contributed by atoms with Gasteiger partial charge in [0.15, 0.2) is 0 Å². The molecule has 2 rings (SSSR count). The fourth-order valence-corrected chi connectivity index (χ4v) is 2.66. The minimum atomic E-state index is -0.0306. The molecule has 5 heteroatoms. The van der Waals surface area contributed by atoms with Gasteiger partial charge >= 0.3 is 0 Å². The number of rotatable bonds is 1. The molecule has 1 aliphatic rings. The maximum absolute atomic E-state index is 12.2. The standard InChI is InChI=1S/C12H12BrCl2NO/c13-8-3-5-16(6-4-8)12(17)10-7-9(14)1-2-11(10)15/h1-2,7-8H,3-6H2. The Morgan fingerprint density at radius 2 is 1.94 bits per heavy atom. The summed E-state index contributed by atoms with van der Waals surface area (Å²) in [7, 11) is 0. The summed E-state index contributed by atoms with van der Waals surface area (Å²) in [4.78, 5) is 14.6. The quantitative estimate of drug-likeness (QED) is 0.710. The first kappa shape index (κ1) is 13.2. The molecule has 0 unspecified atom stereocenters. The smallest absolute Gasteiger partial charge is 0.255 e. The van der Waals surface area contributed by atoms with Crippen molar-refractivity contribution >= 4 is 45.0 Å². The molecule has 0 radical (unpaired) electrons. The van der Waals surface area contributed by atoms with Crippen LogP contribution in [0.2, 0.25) is 10.0 Å². The second kappa shape index (κ2) is 5.59. The van der Waals surface area contributed by atoms with Gasteiger partial charge in [-0.15, -0.1) is 0 Å². The van der Waals surface area contributed by atoms with Gasteiger partial charge in [-0.25, -0.2) is 0 Å². The van der Waals surface area contributed by atoms with E-state index in [4.69, 9.17) is 23.2 Å². The van der Waals surface area contributed by atoms with Crippen LogP contribution in [0.25, 0.3) is 0 Å². The lowest BCUT2D eigenvalue weighted by molar-refractivity contribution is 0.0728. The molecule has 1 heterocycles. The highest BCUT2D eigenvalue weighted by Gasteiger charge is 2.23. The summed E-state index contributed by atoms with van der Waals surface area (Å²) >= 11 is 15.5. The summed E-state index contributed by atoms with van der Waals surface area (Å²) in [5, 5.41) is 0.994. The molecule has 0 spiro atoms. The fraction of sp³-hybridized carbons (Fsp3) is 0.417. The Kier molecular flexibility index (Phi) is 4.34. The molecule has 0 atom stereocenters. The zero-order chi connectivity index (χ0) is 12.4. The summed E-state index contributed by atoms with van der Waals surface area (Å²) in [6.45, 7) is 1.52. The van der Waals surface area contributed by atoms with E-state index in [0.29, 0.717) is 20.4 Å². The van der Waals surface area contributed by atoms with E-state index >= 15 is 0 Å². The summed E-state index contributed by atoms with van der Waals surface area (Å²) in [6, 6.07) is 4.98. The minimum absolute atomic E-state index is 0.0306. The highest BCUT2D eigenvalue weighted by molar-refractivity contribution is 9.09. The Morgan fingerprint density at radius 3 is 2.59 bits per heavy atom. The van der Waals surface area contributed by atoms with Gasteiger partial charge in [-0.1, -0.05) is 39.1 Å².